The molecule has 0 radical (unpaired) electrons. The Hall–Kier alpha value is -2.03. The van der Waals surface area contributed by atoms with Crippen LogP contribution in [0.3, 0.4) is 0 Å². The number of hydrogen-bond donors (Lipinski definition) is 0. The highest BCUT2D eigenvalue weighted by Crippen LogP contribution is 2.38. The van der Waals surface area contributed by atoms with Gasteiger partial charge in [-0.3, -0.25) is 4.99 Å². The van der Waals surface area contributed by atoms with E-state index in [9.17, 15) is 0 Å². The highest BCUT2D eigenvalue weighted by molar-refractivity contribution is 5.96. The van der Waals surface area contributed by atoms with E-state index in [1.165, 1.54) is 0 Å². The summed E-state index contributed by atoms with van der Waals surface area (Å²) >= 11 is 0. The molecule has 0 unspecified atom stereocenters. The molecule has 0 aromatic carbocycles. The lowest BCUT2D eigenvalue weighted by Crippen LogP contribution is -2.19. The van der Waals surface area contributed by atoms with Gasteiger partial charge in [-0.05, 0) is 43.3 Å². The molecule has 0 atom stereocenters. The molecular weight excluding hydrogens is 202 g/mol. The fourth-order valence-corrected chi connectivity index (χ4v) is 1.98. The van der Waals surface area contributed by atoms with E-state index in [1.807, 2.05) is 43.3 Å². The Morgan fingerprint density at radius 2 is 1.69 bits per heavy atom. The van der Waals surface area contributed by atoms with Crippen LogP contribution in [0.5, 0.6) is 0 Å². The monoisotopic (exact) mass is 213 g/mol. The second kappa shape index (κ2) is 3.23. The maximum absolute atomic E-state index is 5.47. The SMILES string of the molecule is CC1=NC(c2ccco2)(c2ccco2)C=C1. The van der Waals surface area contributed by atoms with Gasteiger partial charge in [0.2, 0.25) is 0 Å². The van der Waals surface area contributed by atoms with Gasteiger partial charge in [0.1, 0.15) is 11.5 Å². The van der Waals surface area contributed by atoms with Crippen molar-refractivity contribution in [3.05, 3.63) is 60.5 Å². The van der Waals surface area contributed by atoms with Gasteiger partial charge in [-0.1, -0.05) is 0 Å². The summed E-state index contributed by atoms with van der Waals surface area (Å²) in [7, 11) is 0. The van der Waals surface area contributed by atoms with E-state index in [-0.39, 0.29) is 0 Å². The van der Waals surface area contributed by atoms with Crippen molar-refractivity contribution in [2.24, 2.45) is 4.99 Å². The van der Waals surface area contributed by atoms with Crippen LogP contribution in [-0.2, 0) is 5.54 Å². The molecule has 3 nitrogen and oxygen atoms in total. The van der Waals surface area contributed by atoms with Gasteiger partial charge in [-0.15, -0.1) is 0 Å². The van der Waals surface area contributed by atoms with E-state index >= 15 is 0 Å². The summed E-state index contributed by atoms with van der Waals surface area (Å²) < 4.78 is 10.9. The third-order valence-electron chi connectivity index (χ3n) is 2.71. The van der Waals surface area contributed by atoms with Crippen LogP contribution in [0.4, 0.5) is 0 Å². The van der Waals surface area contributed by atoms with Gasteiger partial charge in [0.05, 0.1) is 12.5 Å². The number of hydrogen-bond acceptors (Lipinski definition) is 3. The maximum Gasteiger partial charge on any atom is 0.194 e. The van der Waals surface area contributed by atoms with Crippen LogP contribution in [0, 0.1) is 0 Å². The number of furan rings is 2. The van der Waals surface area contributed by atoms with Crippen molar-refractivity contribution in [3.8, 4) is 0 Å². The molecule has 0 spiro atoms. The molecule has 3 heterocycles. The van der Waals surface area contributed by atoms with Gasteiger partial charge in [-0.25, -0.2) is 0 Å². The summed E-state index contributed by atoms with van der Waals surface area (Å²) in [5, 5.41) is 0. The summed E-state index contributed by atoms with van der Waals surface area (Å²) in [5.41, 5.74) is 0.352. The number of nitrogens with zero attached hydrogens (tertiary/aromatic N) is 1. The highest BCUT2D eigenvalue weighted by atomic mass is 16.3. The Morgan fingerprint density at radius 3 is 2.06 bits per heavy atom. The Labute approximate surface area is 93.1 Å². The van der Waals surface area contributed by atoms with Crippen molar-refractivity contribution in [1.29, 1.82) is 0 Å². The molecule has 3 heteroatoms. The minimum absolute atomic E-state index is 0.614. The fourth-order valence-electron chi connectivity index (χ4n) is 1.98. The van der Waals surface area contributed by atoms with Crippen molar-refractivity contribution in [3.63, 3.8) is 0 Å². The largest absolute Gasteiger partial charge is 0.466 e. The van der Waals surface area contributed by atoms with Gasteiger partial charge >= 0.3 is 0 Å². The Kier molecular flexibility index (Phi) is 1.86. The lowest BCUT2D eigenvalue weighted by molar-refractivity contribution is 0.383. The van der Waals surface area contributed by atoms with E-state index < -0.39 is 5.54 Å². The Morgan fingerprint density at radius 1 is 1.06 bits per heavy atom. The summed E-state index contributed by atoms with van der Waals surface area (Å²) in [5.74, 6) is 1.55. The van der Waals surface area contributed by atoms with Crippen molar-refractivity contribution < 1.29 is 8.83 Å². The predicted molar refractivity (Wildman–Crippen MR) is 60.4 cm³/mol. The molecular formula is C13H11NO2. The van der Waals surface area contributed by atoms with Crippen LogP contribution in [-0.4, -0.2) is 5.71 Å². The number of aliphatic imine (C=N–C) groups is 1. The van der Waals surface area contributed by atoms with E-state index in [2.05, 4.69) is 4.99 Å². The molecule has 0 aliphatic carbocycles. The highest BCUT2D eigenvalue weighted by Gasteiger charge is 2.39. The molecule has 2 aromatic heterocycles. The summed E-state index contributed by atoms with van der Waals surface area (Å²) in [6.07, 6.45) is 7.28. The number of allylic oxidation sites excluding steroid dienone is 1. The zero-order chi connectivity index (χ0) is 11.0. The molecule has 0 N–H and O–H groups in total. The second-order valence-corrected chi connectivity index (χ2v) is 3.81. The molecule has 80 valence electrons. The average molecular weight is 213 g/mol. The third-order valence-corrected chi connectivity index (χ3v) is 2.71. The molecule has 2 aromatic rings. The Bertz CT molecular complexity index is 498. The van der Waals surface area contributed by atoms with E-state index in [1.54, 1.807) is 12.5 Å². The van der Waals surface area contributed by atoms with E-state index in [4.69, 9.17) is 8.83 Å². The van der Waals surface area contributed by atoms with Crippen LogP contribution in [0.25, 0.3) is 0 Å². The third kappa shape index (κ3) is 1.18. The second-order valence-electron chi connectivity index (χ2n) is 3.81. The number of rotatable bonds is 2. The topological polar surface area (TPSA) is 38.6 Å². The smallest absolute Gasteiger partial charge is 0.194 e. The van der Waals surface area contributed by atoms with Crippen molar-refractivity contribution in [2.45, 2.75) is 12.5 Å². The predicted octanol–water partition coefficient (Wildman–Crippen LogP) is 3.15. The molecule has 3 rings (SSSR count). The first-order valence-corrected chi connectivity index (χ1v) is 5.15. The standard InChI is InChI=1S/C13H11NO2/c1-10-6-7-13(14-10,11-4-2-8-15-11)12-5-3-9-16-12/h2-9H,1H3. The summed E-state index contributed by atoms with van der Waals surface area (Å²) in [6.45, 7) is 1.96. The zero-order valence-electron chi connectivity index (χ0n) is 8.88. The zero-order valence-corrected chi connectivity index (χ0v) is 8.88. The van der Waals surface area contributed by atoms with Crippen molar-refractivity contribution in [2.75, 3.05) is 0 Å². The molecule has 0 saturated carbocycles. The first kappa shape index (κ1) is 9.21. The Balaban J connectivity index is 2.21. The van der Waals surface area contributed by atoms with E-state index in [0.717, 1.165) is 17.2 Å². The minimum Gasteiger partial charge on any atom is -0.466 e. The first-order valence-electron chi connectivity index (χ1n) is 5.15. The van der Waals surface area contributed by atoms with Gasteiger partial charge in [-0.2, -0.15) is 0 Å². The molecule has 0 bridgehead atoms. The minimum atomic E-state index is -0.614. The van der Waals surface area contributed by atoms with Gasteiger partial charge in [0, 0.05) is 5.71 Å². The maximum atomic E-state index is 5.47. The molecule has 1 aliphatic heterocycles. The van der Waals surface area contributed by atoms with Gasteiger partial charge in [0.15, 0.2) is 5.54 Å². The fraction of sp³-hybridized carbons (Fsp3) is 0.154. The molecule has 1 aliphatic rings. The van der Waals surface area contributed by atoms with Crippen LogP contribution in [0.2, 0.25) is 0 Å². The quantitative estimate of drug-likeness (QED) is 0.768. The first-order chi connectivity index (χ1) is 7.81. The van der Waals surface area contributed by atoms with Gasteiger partial charge in [0.25, 0.3) is 0 Å². The summed E-state index contributed by atoms with van der Waals surface area (Å²) in [6, 6.07) is 7.54. The lowest BCUT2D eigenvalue weighted by Gasteiger charge is -2.18. The van der Waals surface area contributed by atoms with Gasteiger partial charge < -0.3 is 8.83 Å². The normalized spacial score (nSPS) is 17.7. The van der Waals surface area contributed by atoms with Crippen LogP contribution in [0.15, 0.2) is 62.8 Å². The molecule has 16 heavy (non-hydrogen) atoms. The van der Waals surface area contributed by atoms with E-state index in [0.29, 0.717) is 0 Å². The molecule has 0 fully saturated rings. The molecule has 0 saturated heterocycles. The van der Waals surface area contributed by atoms with Crippen LogP contribution < -0.4 is 0 Å². The van der Waals surface area contributed by atoms with Crippen LogP contribution >= 0.6 is 0 Å². The summed E-state index contributed by atoms with van der Waals surface area (Å²) in [4.78, 5) is 4.62. The van der Waals surface area contributed by atoms with Crippen LogP contribution in [0.1, 0.15) is 18.4 Å². The van der Waals surface area contributed by atoms with Crippen molar-refractivity contribution in [1.82, 2.24) is 0 Å². The van der Waals surface area contributed by atoms with Crippen molar-refractivity contribution >= 4 is 5.71 Å². The lowest BCUT2D eigenvalue weighted by atomic mass is 9.95. The average Bonchev–Trinajstić information content (AvgIpc) is 2.99. The molecule has 0 amide bonds.